The highest BCUT2D eigenvalue weighted by atomic mass is 35.5. The van der Waals surface area contributed by atoms with E-state index in [1.807, 2.05) is 0 Å². The van der Waals surface area contributed by atoms with E-state index in [4.69, 9.17) is 5.73 Å². The fraction of sp³-hybridized carbons (Fsp3) is 1.00. The Bertz CT molecular complexity index is 194. The summed E-state index contributed by atoms with van der Waals surface area (Å²) in [7, 11) is 0. The highest BCUT2D eigenvalue weighted by molar-refractivity contribution is 5.85. The van der Waals surface area contributed by atoms with Gasteiger partial charge in [0.25, 0.3) is 0 Å². The topological polar surface area (TPSA) is 26.0 Å². The lowest BCUT2D eigenvalue weighted by atomic mass is 9.38. The normalized spacial score (nSPS) is 41.5. The Morgan fingerprint density at radius 2 is 1.62 bits per heavy atom. The van der Waals surface area contributed by atoms with Gasteiger partial charge in [-0.1, -0.05) is 0 Å². The summed E-state index contributed by atoms with van der Waals surface area (Å²) in [6.45, 7) is 0. The Morgan fingerprint density at radius 1 is 1.15 bits per heavy atom. The van der Waals surface area contributed by atoms with Crippen molar-refractivity contribution >= 4 is 12.4 Å². The van der Waals surface area contributed by atoms with Crippen LogP contribution in [-0.4, -0.2) is 11.7 Å². The number of rotatable bonds is 2. The molecule has 0 unspecified atom stereocenters. The predicted molar refractivity (Wildman–Crippen MR) is 45.7 cm³/mol. The van der Waals surface area contributed by atoms with Crippen LogP contribution in [0, 0.1) is 5.41 Å². The van der Waals surface area contributed by atoms with Crippen LogP contribution >= 0.6 is 12.4 Å². The molecule has 5 heteroatoms. The van der Waals surface area contributed by atoms with Gasteiger partial charge >= 0.3 is 6.18 Å². The third kappa shape index (κ3) is 1.94. The van der Waals surface area contributed by atoms with Crippen molar-refractivity contribution in [1.29, 1.82) is 0 Å². The zero-order chi connectivity index (χ0) is 9.04. The van der Waals surface area contributed by atoms with Gasteiger partial charge in [-0.05, 0) is 31.1 Å². The van der Waals surface area contributed by atoms with Crippen LogP contribution in [0.25, 0.3) is 0 Å². The van der Waals surface area contributed by atoms with Gasteiger partial charge in [0, 0.05) is 12.0 Å². The lowest BCUT2D eigenvalue weighted by Gasteiger charge is -2.69. The molecule has 3 saturated carbocycles. The minimum atomic E-state index is -3.99. The molecule has 3 aliphatic carbocycles. The minimum absolute atomic E-state index is 0. The van der Waals surface area contributed by atoms with Gasteiger partial charge in [0.05, 0.1) is 0 Å². The summed E-state index contributed by atoms with van der Waals surface area (Å²) < 4.78 is 35.5. The van der Waals surface area contributed by atoms with E-state index in [2.05, 4.69) is 0 Å². The van der Waals surface area contributed by atoms with E-state index in [9.17, 15) is 13.2 Å². The summed E-state index contributed by atoms with van der Waals surface area (Å²) in [6.07, 6.45) is -1.89. The molecule has 1 nitrogen and oxygen atoms in total. The van der Waals surface area contributed by atoms with Crippen LogP contribution < -0.4 is 5.73 Å². The van der Waals surface area contributed by atoms with E-state index in [1.54, 1.807) is 0 Å². The van der Waals surface area contributed by atoms with Crippen LogP contribution in [-0.2, 0) is 0 Å². The smallest absolute Gasteiger partial charge is 0.325 e. The number of hydrogen-bond donors (Lipinski definition) is 1. The van der Waals surface area contributed by atoms with Gasteiger partial charge in [0.15, 0.2) is 0 Å². The first-order valence-corrected chi connectivity index (χ1v) is 4.18. The molecule has 0 spiro atoms. The second-order valence-electron chi connectivity index (χ2n) is 4.51. The molecule has 0 saturated heterocycles. The maximum atomic E-state index is 11.8. The molecular weight excluding hydrogens is 203 g/mol. The molecule has 0 aromatic rings. The van der Waals surface area contributed by atoms with Gasteiger partial charge in [0.1, 0.15) is 0 Å². The molecule has 3 rings (SSSR count). The van der Waals surface area contributed by atoms with E-state index in [0.29, 0.717) is 0 Å². The predicted octanol–water partition coefficient (Wildman–Crippen LogP) is 2.63. The molecule has 0 atom stereocenters. The molecule has 2 N–H and O–H groups in total. The van der Waals surface area contributed by atoms with Gasteiger partial charge in [-0.25, -0.2) is 0 Å². The minimum Gasteiger partial charge on any atom is -0.325 e. The molecule has 0 radical (unpaired) electrons. The van der Waals surface area contributed by atoms with Crippen LogP contribution in [0.15, 0.2) is 0 Å². The SMILES string of the molecule is Cl.NC12CC(CCC(F)(F)F)(C1)C2. The molecule has 0 aromatic heterocycles. The molecule has 0 aliphatic heterocycles. The Balaban J connectivity index is 0.000000845. The molecule has 2 bridgehead atoms. The fourth-order valence-electron chi connectivity index (χ4n) is 2.76. The first kappa shape index (κ1) is 11.1. The van der Waals surface area contributed by atoms with Gasteiger partial charge in [-0.2, -0.15) is 13.2 Å². The van der Waals surface area contributed by atoms with E-state index < -0.39 is 12.6 Å². The third-order valence-corrected chi connectivity index (χ3v) is 3.12. The van der Waals surface area contributed by atoms with Crippen LogP contribution in [0.3, 0.4) is 0 Å². The standard InChI is InChI=1S/C8H12F3N.ClH/c9-8(10,11)2-1-6-3-7(12,4-6)5-6;/h1-5,12H2;1H. The number of halogens is 4. The van der Waals surface area contributed by atoms with Crippen LogP contribution in [0.2, 0.25) is 0 Å². The zero-order valence-electron chi connectivity index (χ0n) is 7.16. The Hall–Kier alpha value is 0.0400. The van der Waals surface area contributed by atoms with Crippen molar-refractivity contribution in [3.63, 3.8) is 0 Å². The summed E-state index contributed by atoms with van der Waals surface area (Å²) in [6, 6.07) is 0. The molecule has 3 aliphatic rings. The lowest BCUT2D eigenvalue weighted by molar-refractivity contribution is -0.181. The van der Waals surface area contributed by atoms with Crippen LogP contribution in [0.5, 0.6) is 0 Å². The van der Waals surface area contributed by atoms with Crippen molar-refractivity contribution in [2.45, 2.75) is 43.8 Å². The van der Waals surface area contributed by atoms with Crippen molar-refractivity contribution in [1.82, 2.24) is 0 Å². The molecule has 78 valence electrons. The molecule has 13 heavy (non-hydrogen) atoms. The molecule has 0 aromatic carbocycles. The quantitative estimate of drug-likeness (QED) is 0.753. The molecule has 0 heterocycles. The van der Waals surface area contributed by atoms with Crippen molar-refractivity contribution in [2.24, 2.45) is 11.1 Å². The second-order valence-corrected chi connectivity index (χ2v) is 4.51. The van der Waals surface area contributed by atoms with Gasteiger partial charge in [0.2, 0.25) is 0 Å². The zero-order valence-corrected chi connectivity index (χ0v) is 7.97. The monoisotopic (exact) mass is 215 g/mol. The highest BCUT2D eigenvalue weighted by Crippen LogP contribution is 2.68. The van der Waals surface area contributed by atoms with Crippen molar-refractivity contribution in [2.75, 3.05) is 0 Å². The van der Waals surface area contributed by atoms with E-state index in [0.717, 1.165) is 19.3 Å². The maximum absolute atomic E-state index is 11.8. The second kappa shape index (κ2) is 2.76. The maximum Gasteiger partial charge on any atom is 0.389 e. The Kier molecular flexibility index (Phi) is 2.36. The van der Waals surface area contributed by atoms with E-state index >= 15 is 0 Å². The van der Waals surface area contributed by atoms with Gasteiger partial charge in [-0.3, -0.25) is 0 Å². The Labute approximate surface area is 81.3 Å². The first-order valence-electron chi connectivity index (χ1n) is 4.18. The largest absolute Gasteiger partial charge is 0.389 e. The third-order valence-electron chi connectivity index (χ3n) is 3.12. The highest BCUT2D eigenvalue weighted by Gasteiger charge is 2.65. The van der Waals surface area contributed by atoms with Crippen molar-refractivity contribution in [3.05, 3.63) is 0 Å². The molecule has 0 amide bonds. The fourth-order valence-corrected chi connectivity index (χ4v) is 2.76. The average molecular weight is 216 g/mol. The van der Waals surface area contributed by atoms with Crippen LogP contribution in [0.4, 0.5) is 13.2 Å². The van der Waals surface area contributed by atoms with Crippen molar-refractivity contribution in [3.8, 4) is 0 Å². The molecule has 3 fully saturated rings. The van der Waals surface area contributed by atoms with Gasteiger partial charge in [-0.15, -0.1) is 12.4 Å². The van der Waals surface area contributed by atoms with Crippen LogP contribution in [0.1, 0.15) is 32.1 Å². The van der Waals surface area contributed by atoms with E-state index in [1.165, 1.54) is 0 Å². The van der Waals surface area contributed by atoms with Crippen molar-refractivity contribution < 1.29 is 13.2 Å². The van der Waals surface area contributed by atoms with E-state index in [-0.39, 0.29) is 29.8 Å². The summed E-state index contributed by atoms with van der Waals surface area (Å²) in [4.78, 5) is 0. The summed E-state index contributed by atoms with van der Waals surface area (Å²) in [5.74, 6) is 0. The van der Waals surface area contributed by atoms with Gasteiger partial charge < -0.3 is 5.73 Å². The number of hydrogen-bond acceptors (Lipinski definition) is 1. The average Bonchev–Trinajstić information content (AvgIpc) is 1.73. The number of alkyl halides is 3. The summed E-state index contributed by atoms with van der Waals surface area (Å²) >= 11 is 0. The lowest BCUT2D eigenvalue weighted by Crippen LogP contribution is -2.72. The first-order chi connectivity index (χ1) is 5.33. The number of nitrogens with two attached hydrogens (primary N) is 1. The summed E-state index contributed by atoms with van der Waals surface area (Å²) in [5.41, 5.74) is 5.66. The summed E-state index contributed by atoms with van der Waals surface area (Å²) in [5, 5.41) is 0. The Morgan fingerprint density at radius 3 is 1.92 bits per heavy atom. The molecular formula is C8H13ClF3N.